The molecule has 0 unspecified atom stereocenters. The first-order valence-electron chi connectivity index (χ1n) is 6.71. The maximum absolute atomic E-state index is 5.76. The molecular weight excluding hydrogens is 300 g/mol. The summed E-state index contributed by atoms with van der Waals surface area (Å²) in [6.07, 6.45) is 2.65. The Bertz CT molecular complexity index is 705. The molecule has 0 atom stereocenters. The standard InChI is InChI=1S/C15H16N4S2/c1-11-13(7-8-16)14(21-15-17-9-10-20-15)19(18-11)12-5-3-2-4-6-12/h2-6,9-10H,7-8,16H2,1H3. The van der Waals surface area contributed by atoms with Gasteiger partial charge in [0.1, 0.15) is 5.03 Å². The van der Waals surface area contributed by atoms with Gasteiger partial charge in [0.25, 0.3) is 0 Å². The molecule has 0 radical (unpaired) electrons. The highest BCUT2D eigenvalue weighted by atomic mass is 32.2. The SMILES string of the molecule is Cc1nn(-c2ccccc2)c(Sc2nccs2)c1CCN. The number of hydrogen-bond acceptors (Lipinski definition) is 5. The van der Waals surface area contributed by atoms with E-state index >= 15 is 0 Å². The molecule has 3 rings (SSSR count). The zero-order valence-electron chi connectivity index (χ0n) is 11.7. The van der Waals surface area contributed by atoms with E-state index < -0.39 is 0 Å². The van der Waals surface area contributed by atoms with E-state index in [1.807, 2.05) is 41.4 Å². The van der Waals surface area contributed by atoms with Gasteiger partial charge in [0, 0.05) is 17.1 Å². The summed E-state index contributed by atoms with van der Waals surface area (Å²) in [7, 11) is 0. The minimum Gasteiger partial charge on any atom is -0.330 e. The van der Waals surface area contributed by atoms with Gasteiger partial charge in [-0.05, 0) is 43.8 Å². The second-order valence-corrected chi connectivity index (χ2v) is 6.69. The summed E-state index contributed by atoms with van der Waals surface area (Å²) >= 11 is 3.29. The maximum atomic E-state index is 5.76. The van der Waals surface area contributed by atoms with Crippen LogP contribution >= 0.6 is 23.1 Å². The zero-order chi connectivity index (χ0) is 14.7. The summed E-state index contributed by atoms with van der Waals surface area (Å²) < 4.78 is 3.01. The summed E-state index contributed by atoms with van der Waals surface area (Å²) in [4.78, 5) is 4.37. The summed E-state index contributed by atoms with van der Waals surface area (Å²) in [5.41, 5.74) is 9.06. The number of rotatable bonds is 5. The van der Waals surface area contributed by atoms with Crippen LogP contribution in [0.25, 0.3) is 5.69 Å². The van der Waals surface area contributed by atoms with E-state index in [0.29, 0.717) is 6.54 Å². The van der Waals surface area contributed by atoms with Crippen LogP contribution < -0.4 is 5.73 Å². The summed E-state index contributed by atoms with van der Waals surface area (Å²) in [5, 5.41) is 7.79. The Morgan fingerprint density at radius 3 is 2.76 bits per heavy atom. The second-order valence-electron chi connectivity index (χ2n) is 4.56. The minimum atomic E-state index is 0.618. The van der Waals surface area contributed by atoms with Crippen LogP contribution in [-0.2, 0) is 6.42 Å². The smallest absolute Gasteiger partial charge is 0.156 e. The summed E-state index contributed by atoms with van der Waals surface area (Å²) in [5.74, 6) is 0. The van der Waals surface area contributed by atoms with Gasteiger partial charge in [0.2, 0.25) is 0 Å². The van der Waals surface area contributed by atoms with Crippen LogP contribution in [0.3, 0.4) is 0 Å². The number of thiazole rings is 1. The molecule has 0 saturated heterocycles. The van der Waals surface area contributed by atoms with Crippen molar-refractivity contribution in [1.29, 1.82) is 0 Å². The molecule has 6 heteroatoms. The van der Waals surface area contributed by atoms with E-state index in [-0.39, 0.29) is 0 Å². The Balaban J connectivity index is 2.08. The van der Waals surface area contributed by atoms with Crippen molar-refractivity contribution in [1.82, 2.24) is 14.8 Å². The zero-order valence-corrected chi connectivity index (χ0v) is 13.3. The number of aryl methyl sites for hydroxylation is 1. The Morgan fingerprint density at radius 1 is 1.29 bits per heavy atom. The third-order valence-electron chi connectivity index (χ3n) is 3.13. The van der Waals surface area contributed by atoms with Crippen molar-refractivity contribution in [2.24, 2.45) is 5.73 Å². The molecule has 2 heterocycles. The lowest BCUT2D eigenvalue weighted by molar-refractivity contribution is 0.786. The van der Waals surface area contributed by atoms with E-state index in [1.54, 1.807) is 23.1 Å². The lowest BCUT2D eigenvalue weighted by atomic mass is 10.2. The van der Waals surface area contributed by atoms with Gasteiger partial charge in [-0.3, -0.25) is 0 Å². The number of hydrogen-bond donors (Lipinski definition) is 1. The molecule has 0 aliphatic heterocycles. The van der Waals surface area contributed by atoms with E-state index in [9.17, 15) is 0 Å². The molecule has 1 aromatic carbocycles. The quantitative estimate of drug-likeness (QED) is 0.785. The van der Waals surface area contributed by atoms with E-state index in [0.717, 1.165) is 27.2 Å². The van der Waals surface area contributed by atoms with E-state index in [1.165, 1.54) is 5.56 Å². The largest absolute Gasteiger partial charge is 0.330 e. The third-order valence-corrected chi connectivity index (χ3v) is 5.12. The first-order chi connectivity index (χ1) is 10.3. The number of nitrogens with zero attached hydrogens (tertiary/aromatic N) is 3. The fourth-order valence-electron chi connectivity index (χ4n) is 2.16. The molecule has 0 bridgehead atoms. The summed E-state index contributed by atoms with van der Waals surface area (Å²) in [6.45, 7) is 2.66. The average molecular weight is 316 g/mol. The highest BCUT2D eigenvalue weighted by Gasteiger charge is 2.17. The molecule has 0 aliphatic carbocycles. The number of nitrogens with two attached hydrogens (primary N) is 1. The van der Waals surface area contributed by atoms with Crippen molar-refractivity contribution in [2.45, 2.75) is 22.7 Å². The van der Waals surface area contributed by atoms with Gasteiger partial charge < -0.3 is 5.73 Å². The van der Waals surface area contributed by atoms with Gasteiger partial charge in [-0.15, -0.1) is 11.3 Å². The molecule has 2 N–H and O–H groups in total. The van der Waals surface area contributed by atoms with Crippen molar-refractivity contribution in [3.8, 4) is 5.69 Å². The van der Waals surface area contributed by atoms with Crippen LogP contribution in [0, 0.1) is 6.92 Å². The van der Waals surface area contributed by atoms with Crippen molar-refractivity contribution >= 4 is 23.1 Å². The molecule has 0 fully saturated rings. The molecule has 0 saturated carbocycles. The molecule has 108 valence electrons. The van der Waals surface area contributed by atoms with Crippen molar-refractivity contribution in [2.75, 3.05) is 6.54 Å². The summed E-state index contributed by atoms with van der Waals surface area (Å²) in [6, 6.07) is 10.2. The van der Waals surface area contributed by atoms with Crippen molar-refractivity contribution < 1.29 is 0 Å². The predicted octanol–water partition coefficient (Wildman–Crippen LogP) is 3.29. The normalized spacial score (nSPS) is 11.0. The van der Waals surface area contributed by atoms with Crippen LogP contribution in [0.5, 0.6) is 0 Å². The lowest BCUT2D eigenvalue weighted by Gasteiger charge is -2.07. The topological polar surface area (TPSA) is 56.7 Å². The molecule has 0 aliphatic rings. The van der Waals surface area contributed by atoms with Gasteiger partial charge in [-0.2, -0.15) is 5.10 Å². The first-order valence-corrected chi connectivity index (χ1v) is 8.40. The highest BCUT2D eigenvalue weighted by molar-refractivity contribution is 8.01. The van der Waals surface area contributed by atoms with Gasteiger partial charge in [-0.25, -0.2) is 9.67 Å². The average Bonchev–Trinajstić information content (AvgIpc) is 3.12. The molecule has 4 nitrogen and oxygen atoms in total. The number of aromatic nitrogens is 3. The van der Waals surface area contributed by atoms with E-state index in [2.05, 4.69) is 17.1 Å². The monoisotopic (exact) mass is 316 g/mol. The van der Waals surface area contributed by atoms with Crippen molar-refractivity contribution in [3.05, 3.63) is 53.2 Å². The van der Waals surface area contributed by atoms with Crippen LogP contribution in [0.1, 0.15) is 11.3 Å². The number of benzene rings is 1. The maximum Gasteiger partial charge on any atom is 0.156 e. The van der Waals surface area contributed by atoms with Gasteiger partial charge in [0.15, 0.2) is 4.34 Å². The lowest BCUT2D eigenvalue weighted by Crippen LogP contribution is -2.04. The third kappa shape index (κ3) is 3.02. The number of para-hydroxylation sites is 1. The van der Waals surface area contributed by atoms with Crippen LogP contribution in [0.15, 0.2) is 51.3 Å². The molecule has 0 spiro atoms. The minimum absolute atomic E-state index is 0.618. The first kappa shape index (κ1) is 14.3. The van der Waals surface area contributed by atoms with Crippen LogP contribution in [0.2, 0.25) is 0 Å². The van der Waals surface area contributed by atoms with Gasteiger partial charge >= 0.3 is 0 Å². The van der Waals surface area contributed by atoms with E-state index in [4.69, 9.17) is 10.8 Å². The predicted molar refractivity (Wildman–Crippen MR) is 87.3 cm³/mol. The Kier molecular flexibility index (Phi) is 4.38. The van der Waals surface area contributed by atoms with Gasteiger partial charge in [0.05, 0.1) is 11.4 Å². The molecule has 21 heavy (non-hydrogen) atoms. The Hall–Kier alpha value is -1.63. The van der Waals surface area contributed by atoms with Crippen LogP contribution in [0.4, 0.5) is 0 Å². The Labute approximate surface area is 132 Å². The van der Waals surface area contributed by atoms with Crippen molar-refractivity contribution in [3.63, 3.8) is 0 Å². The molecule has 3 aromatic rings. The molecule has 0 amide bonds. The fraction of sp³-hybridized carbons (Fsp3) is 0.200. The molecular formula is C15H16N4S2. The molecule has 2 aromatic heterocycles. The second kappa shape index (κ2) is 6.43. The van der Waals surface area contributed by atoms with Crippen LogP contribution in [-0.4, -0.2) is 21.3 Å². The Morgan fingerprint density at radius 2 is 2.10 bits per heavy atom. The fourth-order valence-corrected chi connectivity index (χ4v) is 4.00. The highest BCUT2D eigenvalue weighted by Crippen LogP contribution is 2.35. The van der Waals surface area contributed by atoms with Gasteiger partial charge in [-0.1, -0.05) is 18.2 Å².